The van der Waals surface area contributed by atoms with Gasteiger partial charge in [-0.25, -0.2) is 4.79 Å². The minimum Gasteiger partial charge on any atom is -0.508 e. The van der Waals surface area contributed by atoms with Crippen LogP contribution in [0.1, 0.15) is 37.7 Å². The van der Waals surface area contributed by atoms with Crippen LogP contribution in [0.2, 0.25) is 0 Å². The molecule has 0 radical (unpaired) electrons. The van der Waals surface area contributed by atoms with Crippen LogP contribution in [0.4, 0.5) is 0 Å². The van der Waals surface area contributed by atoms with Crippen molar-refractivity contribution in [2.75, 3.05) is 20.8 Å². The molecule has 8 nitrogen and oxygen atoms in total. The van der Waals surface area contributed by atoms with Crippen LogP contribution in [0.25, 0.3) is 0 Å². The quantitative estimate of drug-likeness (QED) is 0.375. The lowest BCUT2D eigenvalue weighted by Crippen LogP contribution is -2.15. The predicted molar refractivity (Wildman–Crippen MR) is 122 cm³/mol. The predicted octanol–water partition coefficient (Wildman–Crippen LogP) is 3.82. The molecule has 0 saturated heterocycles. The number of esters is 1. The molecule has 3 aromatic rings. The molecule has 0 saturated carbocycles. The number of aromatic nitrogens is 1. The molecule has 0 aliphatic heterocycles. The van der Waals surface area contributed by atoms with E-state index in [1.165, 1.54) is 12.1 Å². The van der Waals surface area contributed by atoms with Gasteiger partial charge in [0.25, 0.3) is 0 Å². The van der Waals surface area contributed by atoms with Gasteiger partial charge in [0.05, 0.1) is 14.2 Å². The third-order valence-electron chi connectivity index (χ3n) is 5.48. The molecule has 0 unspecified atom stereocenters. The summed E-state index contributed by atoms with van der Waals surface area (Å²) in [6, 6.07) is 11.1. The molecule has 33 heavy (non-hydrogen) atoms. The van der Waals surface area contributed by atoms with Crippen LogP contribution in [0, 0.1) is 13.8 Å². The van der Waals surface area contributed by atoms with Crippen LogP contribution in [-0.4, -0.2) is 47.4 Å². The summed E-state index contributed by atoms with van der Waals surface area (Å²) in [5, 5.41) is 19.1. The Balaban J connectivity index is 1.67. The fourth-order valence-electron chi connectivity index (χ4n) is 3.68. The second kappa shape index (κ2) is 10.1. The number of methoxy groups -OCH3 is 2. The molecule has 8 heteroatoms. The van der Waals surface area contributed by atoms with E-state index < -0.39 is 18.3 Å². The zero-order valence-electron chi connectivity index (χ0n) is 19.0. The first kappa shape index (κ1) is 23.7. The number of aromatic hydroxyl groups is 2. The fourth-order valence-corrected chi connectivity index (χ4v) is 3.68. The van der Waals surface area contributed by atoms with Gasteiger partial charge in [0.2, 0.25) is 5.78 Å². The zero-order chi connectivity index (χ0) is 24.1. The minimum absolute atomic E-state index is 0.124. The maximum absolute atomic E-state index is 12.7. The first-order chi connectivity index (χ1) is 15.7. The van der Waals surface area contributed by atoms with Crippen molar-refractivity contribution in [2.45, 2.75) is 26.8 Å². The van der Waals surface area contributed by atoms with Crippen molar-refractivity contribution >= 4 is 11.8 Å². The molecule has 2 aromatic carbocycles. The van der Waals surface area contributed by atoms with Gasteiger partial charge in [0, 0.05) is 29.6 Å². The van der Waals surface area contributed by atoms with Crippen molar-refractivity contribution in [1.29, 1.82) is 0 Å². The van der Waals surface area contributed by atoms with Crippen molar-refractivity contribution in [2.24, 2.45) is 0 Å². The molecular formula is C25H27NO7. The number of Topliss-reactive ketones (excluding diaryl/α,β-unsaturated/α-hetero) is 1. The number of carbonyl (C=O) groups is 2. The molecule has 1 heterocycles. The van der Waals surface area contributed by atoms with Gasteiger partial charge in [-0.3, -0.25) is 4.79 Å². The number of nitrogens with zero attached hydrogens (tertiary/aromatic N) is 1. The molecule has 0 spiro atoms. The van der Waals surface area contributed by atoms with E-state index in [1.54, 1.807) is 20.3 Å². The molecule has 0 fully saturated rings. The molecule has 0 aliphatic carbocycles. The Morgan fingerprint density at radius 3 is 2.30 bits per heavy atom. The lowest BCUT2D eigenvalue weighted by Gasteiger charge is -2.12. The Morgan fingerprint density at radius 1 is 0.909 bits per heavy atom. The third kappa shape index (κ3) is 5.28. The van der Waals surface area contributed by atoms with E-state index >= 15 is 0 Å². The van der Waals surface area contributed by atoms with Gasteiger partial charge < -0.3 is 29.0 Å². The summed E-state index contributed by atoms with van der Waals surface area (Å²) < 4.78 is 17.8. The highest BCUT2D eigenvalue weighted by Crippen LogP contribution is 2.28. The van der Waals surface area contributed by atoms with E-state index in [9.17, 15) is 19.8 Å². The molecule has 0 bridgehead atoms. The van der Waals surface area contributed by atoms with Gasteiger partial charge in [-0.05, 0) is 56.2 Å². The van der Waals surface area contributed by atoms with E-state index in [0.717, 1.165) is 29.4 Å². The Hall–Kier alpha value is -3.94. The summed E-state index contributed by atoms with van der Waals surface area (Å²) in [6.07, 6.45) is 0.722. The van der Waals surface area contributed by atoms with Gasteiger partial charge in [-0.1, -0.05) is 6.07 Å². The van der Waals surface area contributed by atoms with E-state index in [0.29, 0.717) is 23.6 Å². The van der Waals surface area contributed by atoms with Crippen LogP contribution in [-0.2, 0) is 17.7 Å². The highest BCUT2D eigenvalue weighted by Gasteiger charge is 2.19. The molecule has 1 aromatic heterocycles. The summed E-state index contributed by atoms with van der Waals surface area (Å²) in [7, 11) is 3.18. The van der Waals surface area contributed by atoms with Crippen LogP contribution in [0.15, 0.2) is 42.5 Å². The zero-order valence-corrected chi connectivity index (χ0v) is 19.0. The lowest BCUT2D eigenvalue weighted by atomic mass is 10.1. The molecular weight excluding hydrogens is 426 g/mol. The fraction of sp³-hybridized carbons (Fsp3) is 0.280. The number of phenolic OH excluding ortho intramolecular Hbond substituents is 2. The number of phenols is 2. The van der Waals surface area contributed by atoms with Crippen LogP contribution in [0.3, 0.4) is 0 Å². The van der Waals surface area contributed by atoms with Gasteiger partial charge in [-0.2, -0.15) is 0 Å². The summed E-state index contributed by atoms with van der Waals surface area (Å²) in [6.45, 7) is 3.96. The Kier molecular flexibility index (Phi) is 7.27. The van der Waals surface area contributed by atoms with Gasteiger partial charge >= 0.3 is 5.97 Å². The van der Waals surface area contributed by atoms with E-state index in [-0.39, 0.29) is 17.1 Å². The summed E-state index contributed by atoms with van der Waals surface area (Å²) in [4.78, 5) is 24.9. The molecule has 0 aliphatic rings. The smallest absolute Gasteiger partial charge is 0.342 e. The number of ketones is 1. The maximum atomic E-state index is 12.7. The van der Waals surface area contributed by atoms with Gasteiger partial charge in [0.15, 0.2) is 18.1 Å². The van der Waals surface area contributed by atoms with Gasteiger partial charge in [0.1, 0.15) is 17.1 Å². The first-order valence-electron chi connectivity index (χ1n) is 10.3. The highest BCUT2D eigenvalue weighted by molar-refractivity contribution is 6.01. The van der Waals surface area contributed by atoms with Crippen molar-refractivity contribution in [3.63, 3.8) is 0 Å². The number of hydrogen-bond acceptors (Lipinski definition) is 7. The number of benzene rings is 2. The van der Waals surface area contributed by atoms with E-state index in [1.807, 2.05) is 36.6 Å². The molecule has 174 valence electrons. The van der Waals surface area contributed by atoms with E-state index in [4.69, 9.17) is 14.2 Å². The van der Waals surface area contributed by atoms with Crippen molar-refractivity contribution in [1.82, 2.24) is 4.57 Å². The van der Waals surface area contributed by atoms with Crippen molar-refractivity contribution in [3.8, 4) is 23.0 Å². The average Bonchev–Trinajstić information content (AvgIpc) is 3.08. The van der Waals surface area contributed by atoms with Crippen molar-refractivity contribution in [3.05, 3.63) is 70.5 Å². The second-order valence-corrected chi connectivity index (χ2v) is 7.58. The highest BCUT2D eigenvalue weighted by atomic mass is 16.5. The van der Waals surface area contributed by atoms with Crippen LogP contribution >= 0.6 is 0 Å². The molecule has 0 amide bonds. The number of aryl methyl sites for hydroxylation is 2. The topological polar surface area (TPSA) is 107 Å². The Bertz CT molecular complexity index is 1180. The standard InChI is InChI=1S/C25H27NO7/c1-15-11-20(22(29)14-33-25(30)19-7-6-18(27)13-21(19)28)16(2)26(15)10-9-17-5-8-23(31-3)24(12-17)32-4/h5-8,11-13,27-28H,9-10,14H2,1-4H3. The summed E-state index contributed by atoms with van der Waals surface area (Å²) in [5.74, 6) is -0.456. The molecule has 0 atom stereocenters. The normalized spacial score (nSPS) is 10.7. The largest absolute Gasteiger partial charge is 0.508 e. The Morgan fingerprint density at radius 2 is 1.64 bits per heavy atom. The van der Waals surface area contributed by atoms with Crippen LogP contribution in [0.5, 0.6) is 23.0 Å². The monoisotopic (exact) mass is 453 g/mol. The average molecular weight is 453 g/mol. The molecule has 2 N–H and O–H groups in total. The molecule has 3 rings (SSSR count). The number of rotatable bonds is 9. The van der Waals surface area contributed by atoms with Gasteiger partial charge in [-0.15, -0.1) is 0 Å². The maximum Gasteiger partial charge on any atom is 0.342 e. The van der Waals surface area contributed by atoms with Crippen LogP contribution < -0.4 is 9.47 Å². The number of ether oxygens (including phenoxy) is 3. The Labute approximate surface area is 192 Å². The lowest BCUT2D eigenvalue weighted by molar-refractivity contribution is 0.0471. The first-order valence-corrected chi connectivity index (χ1v) is 10.3. The van der Waals surface area contributed by atoms with Crippen molar-refractivity contribution < 1.29 is 34.0 Å². The number of hydrogen-bond donors (Lipinski definition) is 2. The second-order valence-electron chi connectivity index (χ2n) is 7.58. The summed E-state index contributed by atoms with van der Waals surface area (Å²) in [5.41, 5.74) is 3.11. The SMILES string of the molecule is COc1ccc(CCn2c(C)cc(C(=O)COC(=O)c3ccc(O)cc3O)c2C)cc1OC. The minimum atomic E-state index is -0.844. The number of carbonyl (C=O) groups excluding carboxylic acids is 2. The summed E-state index contributed by atoms with van der Waals surface area (Å²) >= 11 is 0. The van der Waals surface area contributed by atoms with E-state index in [2.05, 4.69) is 0 Å². The third-order valence-corrected chi connectivity index (χ3v) is 5.48.